The molecule has 2 aromatic heterocycles. The summed E-state index contributed by atoms with van der Waals surface area (Å²) < 4.78 is 6.39. The van der Waals surface area contributed by atoms with Crippen molar-refractivity contribution in [2.75, 3.05) is 7.11 Å². The van der Waals surface area contributed by atoms with Gasteiger partial charge in [0.2, 0.25) is 0 Å². The molecule has 0 aliphatic carbocycles. The summed E-state index contributed by atoms with van der Waals surface area (Å²) in [7, 11) is 1.31. The number of aromatic nitrogens is 3. The smallest absolute Gasteiger partial charge is 0.358 e. The van der Waals surface area contributed by atoms with Crippen LogP contribution in [0.1, 0.15) is 16.2 Å². The van der Waals surface area contributed by atoms with Crippen LogP contribution >= 0.6 is 11.6 Å². The van der Waals surface area contributed by atoms with Crippen molar-refractivity contribution in [3.8, 4) is 0 Å². The number of hydrogen-bond donors (Lipinski definition) is 0. The molecule has 0 saturated carbocycles. The zero-order valence-corrected chi connectivity index (χ0v) is 9.94. The van der Waals surface area contributed by atoms with E-state index in [-0.39, 0.29) is 10.8 Å². The van der Waals surface area contributed by atoms with Gasteiger partial charge >= 0.3 is 5.97 Å². The predicted molar refractivity (Wildman–Crippen MR) is 63.2 cm³/mol. The summed E-state index contributed by atoms with van der Waals surface area (Å²) in [5, 5.41) is 0.243. The van der Waals surface area contributed by atoms with Gasteiger partial charge in [0.25, 0.3) is 0 Å². The van der Waals surface area contributed by atoms with Gasteiger partial charge in [0.15, 0.2) is 16.5 Å². The number of rotatable bonds is 3. The van der Waals surface area contributed by atoms with Crippen molar-refractivity contribution >= 4 is 23.2 Å². The third kappa shape index (κ3) is 1.89. The molecule has 0 atom stereocenters. The summed E-state index contributed by atoms with van der Waals surface area (Å²) in [4.78, 5) is 19.7. The second-order valence-electron chi connectivity index (χ2n) is 3.30. The van der Waals surface area contributed by atoms with E-state index in [1.54, 1.807) is 22.9 Å². The van der Waals surface area contributed by atoms with E-state index in [1.165, 1.54) is 7.11 Å². The molecule has 0 aliphatic rings. The van der Waals surface area contributed by atoms with Crippen molar-refractivity contribution in [3.63, 3.8) is 0 Å². The monoisotopic (exact) mass is 251 g/mol. The normalized spacial score (nSPS) is 10.5. The maximum atomic E-state index is 11.6. The molecule has 0 aliphatic heterocycles. The molecule has 0 aromatic carbocycles. The van der Waals surface area contributed by atoms with E-state index in [4.69, 9.17) is 11.6 Å². The zero-order chi connectivity index (χ0) is 12.4. The molecular formula is C11H10ClN3O2. The minimum absolute atomic E-state index is 0.238. The lowest BCUT2D eigenvalue weighted by Gasteiger charge is -2.00. The molecule has 5 nitrogen and oxygen atoms in total. The van der Waals surface area contributed by atoms with E-state index >= 15 is 0 Å². The van der Waals surface area contributed by atoms with Gasteiger partial charge in [-0.1, -0.05) is 17.7 Å². The highest BCUT2D eigenvalue weighted by molar-refractivity contribution is 6.32. The standard InChI is InChI=1S/C11H10ClN3O2/c1-3-4-7-8(11(16)17-2)14-10-9(12)13-5-6-15(7)10/h3,5-6H,1,4H2,2H3. The molecule has 0 spiro atoms. The molecule has 0 radical (unpaired) electrons. The van der Waals surface area contributed by atoms with Gasteiger partial charge in [0, 0.05) is 18.8 Å². The molecule has 0 unspecified atom stereocenters. The van der Waals surface area contributed by atoms with Crippen molar-refractivity contribution in [2.24, 2.45) is 0 Å². The number of halogens is 1. The summed E-state index contributed by atoms with van der Waals surface area (Å²) in [6.45, 7) is 3.65. The lowest BCUT2D eigenvalue weighted by molar-refractivity contribution is 0.0593. The van der Waals surface area contributed by atoms with Crippen molar-refractivity contribution in [2.45, 2.75) is 6.42 Å². The molecule has 0 N–H and O–H groups in total. The highest BCUT2D eigenvalue weighted by Crippen LogP contribution is 2.19. The summed E-state index contributed by atoms with van der Waals surface area (Å²) in [5.74, 6) is -0.499. The number of imidazole rings is 1. The van der Waals surface area contributed by atoms with Crippen LogP contribution in [-0.2, 0) is 11.2 Å². The number of nitrogens with zero attached hydrogens (tertiary/aromatic N) is 3. The quantitative estimate of drug-likeness (QED) is 0.618. The van der Waals surface area contributed by atoms with Crippen molar-refractivity contribution in [1.82, 2.24) is 14.4 Å². The van der Waals surface area contributed by atoms with Crippen molar-refractivity contribution in [1.29, 1.82) is 0 Å². The van der Waals surface area contributed by atoms with Gasteiger partial charge in [-0.15, -0.1) is 6.58 Å². The van der Waals surface area contributed by atoms with Gasteiger partial charge in [-0.05, 0) is 0 Å². The molecule has 6 heteroatoms. The Bertz CT molecular complexity index is 592. The average molecular weight is 252 g/mol. The first kappa shape index (κ1) is 11.6. The number of fused-ring (bicyclic) bond motifs is 1. The largest absolute Gasteiger partial charge is 0.464 e. The summed E-state index contributed by atoms with van der Waals surface area (Å²) >= 11 is 5.92. The fraction of sp³-hybridized carbons (Fsp3) is 0.182. The first-order valence-corrected chi connectivity index (χ1v) is 5.27. The molecule has 17 heavy (non-hydrogen) atoms. The summed E-state index contributed by atoms with van der Waals surface area (Å²) in [6, 6.07) is 0. The van der Waals surface area contributed by atoms with E-state index in [0.29, 0.717) is 17.8 Å². The maximum Gasteiger partial charge on any atom is 0.358 e. The third-order valence-electron chi connectivity index (χ3n) is 2.31. The van der Waals surface area contributed by atoms with Crippen LogP contribution in [0.4, 0.5) is 0 Å². The Hall–Kier alpha value is -1.88. The third-order valence-corrected chi connectivity index (χ3v) is 2.58. The van der Waals surface area contributed by atoms with E-state index in [2.05, 4.69) is 21.3 Å². The second kappa shape index (κ2) is 4.55. The highest BCUT2D eigenvalue weighted by Gasteiger charge is 2.19. The van der Waals surface area contributed by atoms with E-state index in [1.807, 2.05) is 0 Å². The summed E-state index contributed by atoms with van der Waals surface area (Å²) in [6.07, 6.45) is 5.42. The number of methoxy groups -OCH3 is 1. The summed E-state index contributed by atoms with van der Waals surface area (Å²) in [5.41, 5.74) is 1.36. The lowest BCUT2D eigenvalue weighted by atomic mass is 10.2. The lowest BCUT2D eigenvalue weighted by Crippen LogP contribution is -2.06. The van der Waals surface area contributed by atoms with Crippen molar-refractivity contribution < 1.29 is 9.53 Å². The van der Waals surface area contributed by atoms with Crippen LogP contribution in [0.5, 0.6) is 0 Å². The number of ether oxygens (including phenoxy) is 1. The number of hydrogen-bond acceptors (Lipinski definition) is 4. The number of carbonyl (C=O) groups excluding carboxylic acids is 1. The Morgan fingerprint density at radius 1 is 1.71 bits per heavy atom. The van der Waals surface area contributed by atoms with Crippen LogP contribution in [-0.4, -0.2) is 27.4 Å². The van der Waals surface area contributed by atoms with Gasteiger partial charge in [-0.25, -0.2) is 14.8 Å². The first-order valence-electron chi connectivity index (χ1n) is 4.89. The van der Waals surface area contributed by atoms with Crippen LogP contribution in [0.3, 0.4) is 0 Å². The van der Waals surface area contributed by atoms with E-state index in [0.717, 1.165) is 0 Å². The number of esters is 1. The van der Waals surface area contributed by atoms with Gasteiger partial charge in [0.1, 0.15) is 0 Å². The van der Waals surface area contributed by atoms with Gasteiger partial charge in [0.05, 0.1) is 12.8 Å². The maximum absolute atomic E-state index is 11.6. The second-order valence-corrected chi connectivity index (χ2v) is 3.66. The molecule has 2 heterocycles. The molecule has 0 fully saturated rings. The molecule has 0 amide bonds. The Morgan fingerprint density at radius 2 is 2.47 bits per heavy atom. The Morgan fingerprint density at radius 3 is 3.12 bits per heavy atom. The molecule has 0 saturated heterocycles. The fourth-order valence-corrected chi connectivity index (χ4v) is 1.78. The molecule has 88 valence electrons. The topological polar surface area (TPSA) is 56.5 Å². The van der Waals surface area contributed by atoms with Gasteiger partial charge < -0.3 is 4.74 Å². The molecule has 0 bridgehead atoms. The van der Waals surface area contributed by atoms with Crippen LogP contribution in [0.2, 0.25) is 5.15 Å². The van der Waals surface area contributed by atoms with E-state index < -0.39 is 5.97 Å². The van der Waals surface area contributed by atoms with Crippen LogP contribution < -0.4 is 0 Å². The van der Waals surface area contributed by atoms with Crippen LogP contribution in [0.25, 0.3) is 5.65 Å². The number of carbonyl (C=O) groups is 1. The average Bonchev–Trinajstić information content (AvgIpc) is 2.70. The predicted octanol–water partition coefficient (Wildman–Crippen LogP) is 1.90. The van der Waals surface area contributed by atoms with Gasteiger partial charge in [-0.2, -0.15) is 0 Å². The Kier molecular flexibility index (Phi) is 3.10. The number of allylic oxidation sites excluding steroid dienone is 1. The Balaban J connectivity index is 2.74. The van der Waals surface area contributed by atoms with Gasteiger partial charge in [-0.3, -0.25) is 4.40 Å². The SMILES string of the molecule is C=CCc1c(C(=O)OC)nc2c(Cl)nccn12. The molecular weight excluding hydrogens is 242 g/mol. The molecule has 2 aromatic rings. The van der Waals surface area contributed by atoms with Crippen molar-refractivity contribution in [3.05, 3.63) is 41.6 Å². The highest BCUT2D eigenvalue weighted by atomic mass is 35.5. The minimum atomic E-state index is -0.499. The molecule has 2 rings (SSSR count). The van der Waals surface area contributed by atoms with E-state index in [9.17, 15) is 4.79 Å². The zero-order valence-electron chi connectivity index (χ0n) is 9.18. The first-order chi connectivity index (χ1) is 8.19. The van der Waals surface area contributed by atoms with Crippen LogP contribution in [0.15, 0.2) is 25.0 Å². The Labute approximate surface area is 103 Å². The van der Waals surface area contributed by atoms with Crippen LogP contribution in [0, 0.1) is 0 Å². The fourth-order valence-electron chi connectivity index (χ4n) is 1.59. The minimum Gasteiger partial charge on any atom is -0.464 e.